The van der Waals surface area contributed by atoms with E-state index in [2.05, 4.69) is 48.0 Å². The molecular formula is C22H28N4O. The Labute approximate surface area is 160 Å². The van der Waals surface area contributed by atoms with E-state index in [1.165, 1.54) is 24.9 Å². The van der Waals surface area contributed by atoms with Gasteiger partial charge in [0, 0.05) is 24.3 Å². The molecule has 142 valence electrons. The van der Waals surface area contributed by atoms with Gasteiger partial charge >= 0.3 is 0 Å². The highest BCUT2D eigenvalue weighted by Crippen LogP contribution is 2.36. The summed E-state index contributed by atoms with van der Waals surface area (Å²) in [6.07, 6.45) is 3.81. The van der Waals surface area contributed by atoms with Crippen molar-refractivity contribution in [3.63, 3.8) is 0 Å². The summed E-state index contributed by atoms with van der Waals surface area (Å²) in [5, 5.41) is 20.2. The van der Waals surface area contributed by atoms with Crippen LogP contribution < -0.4 is 4.90 Å². The van der Waals surface area contributed by atoms with E-state index in [4.69, 9.17) is 0 Å². The van der Waals surface area contributed by atoms with E-state index < -0.39 is 0 Å². The number of phenolic OH excluding ortho intramolecular Hbond substituents is 1. The zero-order valence-electron chi connectivity index (χ0n) is 16.7. The highest BCUT2D eigenvalue weighted by Gasteiger charge is 2.22. The zero-order chi connectivity index (χ0) is 19.2. The second-order valence-electron chi connectivity index (χ2n) is 8.64. The Balaban J connectivity index is 1.77. The van der Waals surface area contributed by atoms with Gasteiger partial charge in [-0.1, -0.05) is 26.8 Å². The summed E-state index contributed by atoms with van der Waals surface area (Å²) in [6.45, 7) is 10.5. The molecule has 1 saturated heterocycles. The maximum absolute atomic E-state index is 10.9. The van der Waals surface area contributed by atoms with Gasteiger partial charge in [-0.3, -0.25) is 0 Å². The van der Waals surface area contributed by atoms with Crippen LogP contribution >= 0.6 is 0 Å². The van der Waals surface area contributed by atoms with Crippen LogP contribution in [0.4, 0.5) is 5.69 Å². The fourth-order valence-corrected chi connectivity index (χ4v) is 3.84. The lowest BCUT2D eigenvalue weighted by Crippen LogP contribution is -2.29. The predicted octanol–water partition coefficient (Wildman–Crippen LogP) is 4.72. The third kappa shape index (κ3) is 3.38. The Morgan fingerprint density at radius 1 is 0.926 bits per heavy atom. The number of piperidine rings is 1. The van der Waals surface area contributed by atoms with E-state index in [-0.39, 0.29) is 11.2 Å². The van der Waals surface area contributed by atoms with Gasteiger partial charge < -0.3 is 10.0 Å². The molecule has 5 nitrogen and oxygen atoms in total. The average molecular weight is 364 g/mol. The Morgan fingerprint density at radius 3 is 2.33 bits per heavy atom. The Kier molecular flexibility index (Phi) is 4.33. The van der Waals surface area contributed by atoms with Crippen molar-refractivity contribution in [1.82, 2.24) is 15.0 Å². The average Bonchev–Trinajstić information content (AvgIpc) is 3.06. The van der Waals surface area contributed by atoms with Crippen molar-refractivity contribution in [3.8, 4) is 11.4 Å². The molecule has 0 atom stereocenters. The lowest BCUT2D eigenvalue weighted by molar-refractivity contribution is 0.440. The molecule has 0 amide bonds. The SMILES string of the molecule is Cc1cc(-n2nc3ccc(N4CCCCC4)cc3n2)c(O)c(C(C)(C)C)c1. The van der Waals surface area contributed by atoms with Gasteiger partial charge in [0.1, 0.15) is 22.5 Å². The summed E-state index contributed by atoms with van der Waals surface area (Å²) in [5.41, 5.74) is 5.38. The largest absolute Gasteiger partial charge is 0.505 e. The van der Waals surface area contributed by atoms with E-state index in [0.717, 1.165) is 35.2 Å². The number of fused-ring (bicyclic) bond motifs is 1. The van der Waals surface area contributed by atoms with Crippen molar-refractivity contribution >= 4 is 16.7 Å². The zero-order valence-corrected chi connectivity index (χ0v) is 16.7. The molecule has 0 aliphatic carbocycles. The number of aromatic nitrogens is 3. The molecule has 0 spiro atoms. The lowest BCUT2D eigenvalue weighted by atomic mass is 9.85. The van der Waals surface area contributed by atoms with Gasteiger partial charge in [-0.25, -0.2) is 0 Å². The van der Waals surface area contributed by atoms with Crippen molar-refractivity contribution in [2.75, 3.05) is 18.0 Å². The minimum absolute atomic E-state index is 0.154. The molecule has 4 rings (SSSR count). The molecule has 0 bridgehead atoms. The monoisotopic (exact) mass is 364 g/mol. The van der Waals surface area contributed by atoms with Gasteiger partial charge in [-0.2, -0.15) is 0 Å². The number of aromatic hydroxyl groups is 1. The first-order valence-electron chi connectivity index (χ1n) is 9.79. The van der Waals surface area contributed by atoms with Gasteiger partial charge in [-0.15, -0.1) is 15.0 Å². The number of hydrogen-bond donors (Lipinski definition) is 1. The van der Waals surface area contributed by atoms with Crippen molar-refractivity contribution < 1.29 is 5.11 Å². The van der Waals surface area contributed by atoms with Crippen LogP contribution in [-0.4, -0.2) is 33.2 Å². The van der Waals surface area contributed by atoms with E-state index in [0.29, 0.717) is 5.69 Å². The molecule has 1 fully saturated rings. The maximum atomic E-state index is 10.9. The first kappa shape index (κ1) is 17.8. The highest BCUT2D eigenvalue weighted by molar-refractivity contribution is 5.79. The summed E-state index contributed by atoms with van der Waals surface area (Å²) >= 11 is 0. The third-order valence-electron chi connectivity index (χ3n) is 5.34. The molecule has 1 N–H and O–H groups in total. The molecule has 0 unspecified atom stereocenters. The number of phenols is 1. The normalized spacial score (nSPS) is 15.5. The van der Waals surface area contributed by atoms with Crippen LogP contribution in [0.25, 0.3) is 16.7 Å². The number of benzene rings is 2. The summed E-state index contributed by atoms with van der Waals surface area (Å²) in [5.74, 6) is 0.254. The van der Waals surface area contributed by atoms with Crippen molar-refractivity contribution in [3.05, 3.63) is 41.5 Å². The van der Waals surface area contributed by atoms with Crippen molar-refractivity contribution in [1.29, 1.82) is 0 Å². The molecule has 1 aliphatic rings. The van der Waals surface area contributed by atoms with E-state index in [9.17, 15) is 5.11 Å². The molecular weight excluding hydrogens is 336 g/mol. The van der Waals surface area contributed by atoms with Crippen LogP contribution in [-0.2, 0) is 5.41 Å². The van der Waals surface area contributed by atoms with Crippen LogP contribution in [0, 0.1) is 6.92 Å². The smallest absolute Gasteiger partial charge is 0.146 e. The van der Waals surface area contributed by atoms with Crippen molar-refractivity contribution in [2.24, 2.45) is 0 Å². The number of anilines is 1. The third-order valence-corrected chi connectivity index (χ3v) is 5.34. The maximum Gasteiger partial charge on any atom is 0.146 e. The molecule has 1 aromatic heterocycles. The standard InChI is InChI=1S/C22H28N4O/c1-15-12-17(22(2,3)4)21(27)20(13-15)26-23-18-9-8-16(14-19(18)24-26)25-10-6-5-7-11-25/h8-9,12-14,27H,5-7,10-11H2,1-4H3. The summed E-state index contributed by atoms with van der Waals surface area (Å²) in [6, 6.07) is 10.2. The molecule has 2 heterocycles. The topological polar surface area (TPSA) is 54.2 Å². The van der Waals surface area contributed by atoms with Crippen LogP contribution in [0.5, 0.6) is 5.75 Å². The predicted molar refractivity (Wildman–Crippen MR) is 110 cm³/mol. The van der Waals surface area contributed by atoms with E-state index in [1.807, 2.05) is 25.1 Å². The van der Waals surface area contributed by atoms with Gasteiger partial charge in [0.05, 0.1) is 0 Å². The summed E-state index contributed by atoms with van der Waals surface area (Å²) < 4.78 is 0. The number of hydrogen-bond acceptors (Lipinski definition) is 4. The molecule has 5 heteroatoms. The second-order valence-corrected chi connectivity index (χ2v) is 8.64. The Bertz CT molecular complexity index is 978. The molecule has 3 aromatic rings. The minimum atomic E-state index is -0.154. The summed E-state index contributed by atoms with van der Waals surface area (Å²) in [4.78, 5) is 3.99. The fourth-order valence-electron chi connectivity index (χ4n) is 3.84. The van der Waals surface area contributed by atoms with Crippen molar-refractivity contribution in [2.45, 2.75) is 52.4 Å². The highest BCUT2D eigenvalue weighted by atomic mass is 16.3. The Hall–Kier alpha value is -2.56. The molecule has 27 heavy (non-hydrogen) atoms. The van der Waals surface area contributed by atoms with Gasteiger partial charge in [0.2, 0.25) is 0 Å². The minimum Gasteiger partial charge on any atom is -0.505 e. The number of rotatable bonds is 2. The number of nitrogens with zero attached hydrogens (tertiary/aromatic N) is 4. The van der Waals surface area contributed by atoms with Crippen LogP contribution in [0.15, 0.2) is 30.3 Å². The fraction of sp³-hybridized carbons (Fsp3) is 0.455. The van der Waals surface area contributed by atoms with Crippen LogP contribution in [0.2, 0.25) is 0 Å². The molecule has 0 radical (unpaired) electrons. The van der Waals surface area contributed by atoms with E-state index >= 15 is 0 Å². The molecule has 1 aliphatic heterocycles. The first-order valence-corrected chi connectivity index (χ1v) is 9.79. The number of aryl methyl sites for hydroxylation is 1. The quantitative estimate of drug-likeness (QED) is 0.715. The first-order chi connectivity index (χ1) is 12.8. The molecule has 2 aromatic carbocycles. The summed E-state index contributed by atoms with van der Waals surface area (Å²) in [7, 11) is 0. The lowest BCUT2D eigenvalue weighted by Gasteiger charge is -2.28. The second kappa shape index (κ2) is 6.55. The Morgan fingerprint density at radius 2 is 1.63 bits per heavy atom. The van der Waals surface area contributed by atoms with Gasteiger partial charge in [0.15, 0.2) is 0 Å². The molecule has 0 saturated carbocycles. The van der Waals surface area contributed by atoms with Gasteiger partial charge in [-0.05, 0) is 61.4 Å². The van der Waals surface area contributed by atoms with Crippen LogP contribution in [0.3, 0.4) is 0 Å². The van der Waals surface area contributed by atoms with E-state index in [1.54, 1.807) is 4.80 Å². The van der Waals surface area contributed by atoms with Crippen LogP contribution in [0.1, 0.15) is 51.2 Å². The van der Waals surface area contributed by atoms with Gasteiger partial charge in [0.25, 0.3) is 0 Å².